The fourth-order valence-electron chi connectivity index (χ4n) is 0.803. The Kier molecular flexibility index (Phi) is 2.79. The second-order valence-corrected chi connectivity index (χ2v) is 3.01. The van der Waals surface area contributed by atoms with Crippen molar-refractivity contribution in [2.24, 2.45) is 0 Å². The predicted octanol–water partition coefficient (Wildman–Crippen LogP) is 2.87. The Morgan fingerprint density at radius 3 is 2.70 bits per heavy atom. The fourth-order valence-corrected chi connectivity index (χ4v) is 0.803. The highest BCUT2D eigenvalue weighted by Crippen LogP contribution is 2.22. The van der Waals surface area contributed by atoms with E-state index in [0.29, 0.717) is 6.10 Å². The first-order valence-corrected chi connectivity index (χ1v) is 4.14. The first kappa shape index (κ1) is 7.64. The van der Waals surface area contributed by atoms with Crippen LogP contribution in [-0.4, -0.2) is 6.10 Å². The van der Waals surface area contributed by atoms with Crippen molar-refractivity contribution < 1.29 is 4.74 Å². The molecule has 0 aliphatic heterocycles. The summed E-state index contributed by atoms with van der Waals surface area (Å²) in [6.07, 6.45) is 7.43. The number of hydrogen-bond acceptors (Lipinski definition) is 1. The standard InChI is InChI=1S/C9H16O/c1-3-8(2)7-10-9-5-4-6-9/h7,9H,3-6H2,1-2H3. The van der Waals surface area contributed by atoms with E-state index in [1.54, 1.807) is 0 Å². The average molecular weight is 140 g/mol. The van der Waals surface area contributed by atoms with Crippen molar-refractivity contribution >= 4 is 0 Å². The highest BCUT2D eigenvalue weighted by Gasteiger charge is 2.16. The van der Waals surface area contributed by atoms with Gasteiger partial charge in [-0.2, -0.15) is 0 Å². The summed E-state index contributed by atoms with van der Waals surface area (Å²) in [7, 11) is 0. The van der Waals surface area contributed by atoms with Crippen LogP contribution in [0.15, 0.2) is 11.8 Å². The van der Waals surface area contributed by atoms with Crippen LogP contribution in [0.3, 0.4) is 0 Å². The molecule has 0 unspecified atom stereocenters. The highest BCUT2D eigenvalue weighted by atomic mass is 16.5. The van der Waals surface area contributed by atoms with Crippen molar-refractivity contribution in [2.45, 2.75) is 45.6 Å². The van der Waals surface area contributed by atoms with Crippen molar-refractivity contribution in [3.8, 4) is 0 Å². The molecule has 0 N–H and O–H groups in total. The molecule has 58 valence electrons. The maximum absolute atomic E-state index is 5.47. The SMILES string of the molecule is CCC(C)=COC1CCC1. The molecule has 10 heavy (non-hydrogen) atoms. The number of allylic oxidation sites excluding steroid dienone is 1. The van der Waals surface area contributed by atoms with Crippen molar-refractivity contribution in [2.75, 3.05) is 0 Å². The minimum atomic E-state index is 0.543. The first-order valence-electron chi connectivity index (χ1n) is 4.14. The number of rotatable bonds is 3. The summed E-state index contributed by atoms with van der Waals surface area (Å²) in [5.41, 5.74) is 1.34. The quantitative estimate of drug-likeness (QED) is 0.548. The zero-order valence-electron chi connectivity index (χ0n) is 6.89. The Balaban J connectivity index is 2.12. The van der Waals surface area contributed by atoms with E-state index in [4.69, 9.17) is 4.74 Å². The molecular weight excluding hydrogens is 124 g/mol. The van der Waals surface area contributed by atoms with Gasteiger partial charge in [-0.3, -0.25) is 0 Å². The predicted molar refractivity (Wildman–Crippen MR) is 42.8 cm³/mol. The summed E-state index contributed by atoms with van der Waals surface area (Å²) in [4.78, 5) is 0. The zero-order valence-corrected chi connectivity index (χ0v) is 6.89. The van der Waals surface area contributed by atoms with E-state index in [1.165, 1.54) is 24.8 Å². The van der Waals surface area contributed by atoms with E-state index in [9.17, 15) is 0 Å². The second kappa shape index (κ2) is 3.65. The fraction of sp³-hybridized carbons (Fsp3) is 0.778. The molecule has 1 aliphatic rings. The molecule has 0 bridgehead atoms. The molecule has 0 amide bonds. The van der Waals surface area contributed by atoms with Crippen molar-refractivity contribution in [3.63, 3.8) is 0 Å². The summed E-state index contributed by atoms with van der Waals surface area (Å²) >= 11 is 0. The Morgan fingerprint density at radius 2 is 2.30 bits per heavy atom. The molecule has 0 aromatic carbocycles. The Hall–Kier alpha value is -0.460. The topological polar surface area (TPSA) is 9.23 Å². The molecule has 0 aromatic heterocycles. The van der Waals surface area contributed by atoms with Gasteiger partial charge in [-0.05, 0) is 38.2 Å². The summed E-state index contributed by atoms with van der Waals surface area (Å²) in [6, 6.07) is 0. The number of ether oxygens (including phenoxy) is 1. The van der Waals surface area contributed by atoms with Gasteiger partial charge in [0.05, 0.1) is 12.4 Å². The molecular formula is C9H16O. The van der Waals surface area contributed by atoms with E-state index < -0.39 is 0 Å². The van der Waals surface area contributed by atoms with Crippen molar-refractivity contribution in [3.05, 3.63) is 11.8 Å². The van der Waals surface area contributed by atoms with Gasteiger partial charge in [-0.15, -0.1) is 0 Å². The normalized spacial score (nSPS) is 20.4. The van der Waals surface area contributed by atoms with Crippen LogP contribution in [0, 0.1) is 0 Å². The highest BCUT2D eigenvalue weighted by molar-refractivity contribution is 4.92. The maximum Gasteiger partial charge on any atom is 0.0978 e. The first-order chi connectivity index (χ1) is 4.83. The molecule has 0 heterocycles. The average Bonchev–Trinajstić information content (AvgIpc) is 1.84. The largest absolute Gasteiger partial charge is 0.498 e. The van der Waals surface area contributed by atoms with Gasteiger partial charge >= 0.3 is 0 Å². The van der Waals surface area contributed by atoms with Gasteiger partial charge in [0.2, 0.25) is 0 Å². The van der Waals surface area contributed by atoms with Crippen LogP contribution in [-0.2, 0) is 4.74 Å². The Bertz CT molecular complexity index is 123. The van der Waals surface area contributed by atoms with Crippen molar-refractivity contribution in [1.29, 1.82) is 0 Å². The third-order valence-electron chi connectivity index (χ3n) is 2.07. The molecule has 1 saturated carbocycles. The third kappa shape index (κ3) is 2.05. The molecule has 1 nitrogen and oxygen atoms in total. The smallest absolute Gasteiger partial charge is 0.0978 e. The lowest BCUT2D eigenvalue weighted by Gasteiger charge is -2.24. The lowest BCUT2D eigenvalue weighted by Crippen LogP contribution is -2.18. The molecule has 1 rings (SSSR count). The molecule has 1 aliphatic carbocycles. The van der Waals surface area contributed by atoms with Gasteiger partial charge in [0.1, 0.15) is 0 Å². The van der Waals surface area contributed by atoms with Gasteiger partial charge in [-0.1, -0.05) is 6.92 Å². The van der Waals surface area contributed by atoms with Gasteiger partial charge in [-0.25, -0.2) is 0 Å². The van der Waals surface area contributed by atoms with Crippen LogP contribution in [0.25, 0.3) is 0 Å². The van der Waals surface area contributed by atoms with Gasteiger partial charge in [0, 0.05) is 0 Å². The van der Waals surface area contributed by atoms with Crippen LogP contribution in [0.1, 0.15) is 39.5 Å². The van der Waals surface area contributed by atoms with E-state index in [1.807, 2.05) is 6.26 Å². The van der Waals surface area contributed by atoms with Gasteiger partial charge < -0.3 is 4.74 Å². The molecule has 0 aromatic rings. The summed E-state index contributed by atoms with van der Waals surface area (Å²) < 4.78 is 5.47. The van der Waals surface area contributed by atoms with E-state index in [0.717, 1.165) is 6.42 Å². The third-order valence-corrected chi connectivity index (χ3v) is 2.07. The van der Waals surface area contributed by atoms with Crippen molar-refractivity contribution in [1.82, 2.24) is 0 Å². The van der Waals surface area contributed by atoms with E-state index in [-0.39, 0.29) is 0 Å². The minimum Gasteiger partial charge on any atom is -0.498 e. The second-order valence-electron chi connectivity index (χ2n) is 3.01. The monoisotopic (exact) mass is 140 g/mol. The molecule has 1 fully saturated rings. The lowest BCUT2D eigenvalue weighted by molar-refractivity contribution is 0.0722. The van der Waals surface area contributed by atoms with Crippen LogP contribution in [0.2, 0.25) is 0 Å². The molecule has 0 radical (unpaired) electrons. The zero-order chi connectivity index (χ0) is 7.40. The molecule has 1 heteroatoms. The Labute approximate surface area is 63.1 Å². The minimum absolute atomic E-state index is 0.543. The number of hydrogen-bond donors (Lipinski definition) is 0. The molecule has 0 atom stereocenters. The van der Waals surface area contributed by atoms with Crippen LogP contribution < -0.4 is 0 Å². The lowest BCUT2D eigenvalue weighted by atomic mass is 9.96. The maximum atomic E-state index is 5.47. The van der Waals surface area contributed by atoms with E-state index in [2.05, 4.69) is 13.8 Å². The summed E-state index contributed by atoms with van der Waals surface area (Å²) in [5.74, 6) is 0. The molecule has 0 spiro atoms. The van der Waals surface area contributed by atoms with E-state index >= 15 is 0 Å². The summed E-state index contributed by atoms with van der Waals surface area (Å²) in [6.45, 7) is 4.26. The van der Waals surface area contributed by atoms with Crippen LogP contribution in [0.5, 0.6) is 0 Å². The van der Waals surface area contributed by atoms with Crippen LogP contribution >= 0.6 is 0 Å². The van der Waals surface area contributed by atoms with Crippen LogP contribution in [0.4, 0.5) is 0 Å². The van der Waals surface area contributed by atoms with Gasteiger partial charge in [0.25, 0.3) is 0 Å². The van der Waals surface area contributed by atoms with Gasteiger partial charge in [0.15, 0.2) is 0 Å². The Morgan fingerprint density at radius 1 is 1.60 bits per heavy atom. The molecule has 0 saturated heterocycles. The summed E-state index contributed by atoms with van der Waals surface area (Å²) in [5, 5.41) is 0.